The lowest BCUT2D eigenvalue weighted by Crippen LogP contribution is -2.49. The van der Waals surface area contributed by atoms with Crippen molar-refractivity contribution in [1.82, 2.24) is 19.9 Å². The number of hydrogen-bond acceptors (Lipinski definition) is 6. The van der Waals surface area contributed by atoms with Gasteiger partial charge in [-0.25, -0.2) is 0 Å². The third kappa shape index (κ3) is 4.64. The van der Waals surface area contributed by atoms with Crippen LogP contribution in [-0.4, -0.2) is 58.7 Å². The summed E-state index contributed by atoms with van der Waals surface area (Å²) in [4.78, 5) is 20.7. The smallest absolute Gasteiger partial charge is 0.253 e. The zero-order valence-corrected chi connectivity index (χ0v) is 14.7. The van der Waals surface area contributed by atoms with E-state index in [1.165, 1.54) is 5.56 Å². The normalized spacial score (nSPS) is 18.2. The van der Waals surface area contributed by atoms with Crippen LogP contribution in [0.5, 0.6) is 0 Å². The maximum atomic E-state index is 12.7. The molecular weight excluding hydrogens is 320 g/mol. The maximum absolute atomic E-state index is 12.7. The van der Waals surface area contributed by atoms with Gasteiger partial charge in [-0.1, -0.05) is 42.4 Å². The average molecular weight is 344 g/mol. The number of ether oxygens (including phenoxy) is 1. The Morgan fingerprint density at radius 2 is 2.16 bits per heavy atom. The Balaban J connectivity index is 1.55. The molecule has 7 heteroatoms. The van der Waals surface area contributed by atoms with E-state index in [0.717, 1.165) is 13.1 Å². The lowest BCUT2D eigenvalue weighted by atomic mass is 10.2. The molecule has 0 saturated carbocycles. The first-order valence-corrected chi connectivity index (χ1v) is 8.60. The number of rotatable bonds is 6. The van der Waals surface area contributed by atoms with Crippen molar-refractivity contribution in [2.45, 2.75) is 32.5 Å². The van der Waals surface area contributed by atoms with Gasteiger partial charge in [-0.15, -0.1) is 0 Å². The molecule has 7 nitrogen and oxygen atoms in total. The molecule has 1 saturated heterocycles. The van der Waals surface area contributed by atoms with Crippen LogP contribution < -0.4 is 0 Å². The van der Waals surface area contributed by atoms with Crippen molar-refractivity contribution in [3.05, 3.63) is 47.6 Å². The molecule has 134 valence electrons. The predicted octanol–water partition coefficient (Wildman–Crippen LogP) is 1.49. The predicted molar refractivity (Wildman–Crippen MR) is 91.6 cm³/mol. The van der Waals surface area contributed by atoms with Gasteiger partial charge in [-0.05, 0) is 5.56 Å². The SMILES string of the molecule is CCc1noc(CN(C)C(=O)C2CN(Cc3ccccc3)CCO2)n1. The van der Waals surface area contributed by atoms with E-state index < -0.39 is 6.10 Å². The molecule has 2 heterocycles. The standard InChI is InChI=1S/C18H24N4O3/c1-3-16-19-17(25-20-16)13-21(2)18(23)15-12-22(9-10-24-15)11-14-7-5-4-6-8-14/h4-8,15H,3,9-13H2,1-2H3. The van der Waals surface area contributed by atoms with Gasteiger partial charge in [0.2, 0.25) is 5.89 Å². The van der Waals surface area contributed by atoms with Crippen LogP contribution in [0.4, 0.5) is 0 Å². The Bertz CT molecular complexity index is 689. The summed E-state index contributed by atoms with van der Waals surface area (Å²) in [6, 6.07) is 10.3. The zero-order chi connectivity index (χ0) is 17.6. The summed E-state index contributed by atoms with van der Waals surface area (Å²) in [6.45, 7) is 5.04. The molecular formula is C18H24N4O3. The summed E-state index contributed by atoms with van der Waals surface area (Å²) in [5, 5.41) is 3.85. The van der Waals surface area contributed by atoms with E-state index >= 15 is 0 Å². The summed E-state index contributed by atoms with van der Waals surface area (Å²) >= 11 is 0. The molecule has 1 aliphatic rings. The zero-order valence-electron chi connectivity index (χ0n) is 14.7. The van der Waals surface area contributed by atoms with E-state index in [9.17, 15) is 4.79 Å². The van der Waals surface area contributed by atoms with Gasteiger partial charge >= 0.3 is 0 Å². The molecule has 0 aliphatic carbocycles. The highest BCUT2D eigenvalue weighted by molar-refractivity contribution is 5.81. The molecule has 1 amide bonds. The van der Waals surface area contributed by atoms with Gasteiger partial charge in [-0.2, -0.15) is 4.98 Å². The first-order valence-electron chi connectivity index (χ1n) is 8.60. The molecule has 1 fully saturated rings. The maximum Gasteiger partial charge on any atom is 0.253 e. The van der Waals surface area contributed by atoms with Gasteiger partial charge in [0.05, 0.1) is 13.2 Å². The fraction of sp³-hybridized carbons (Fsp3) is 0.500. The van der Waals surface area contributed by atoms with Gasteiger partial charge in [0.15, 0.2) is 5.82 Å². The van der Waals surface area contributed by atoms with Crippen LogP contribution in [0.1, 0.15) is 24.2 Å². The summed E-state index contributed by atoms with van der Waals surface area (Å²) in [7, 11) is 1.73. The Morgan fingerprint density at radius 3 is 2.88 bits per heavy atom. The van der Waals surface area contributed by atoms with Crippen LogP contribution in [0.25, 0.3) is 0 Å². The van der Waals surface area contributed by atoms with Crippen molar-refractivity contribution in [3.63, 3.8) is 0 Å². The second-order valence-electron chi connectivity index (χ2n) is 6.23. The van der Waals surface area contributed by atoms with E-state index in [2.05, 4.69) is 27.2 Å². The fourth-order valence-electron chi connectivity index (χ4n) is 2.86. The average Bonchev–Trinajstić information content (AvgIpc) is 3.09. The lowest BCUT2D eigenvalue weighted by molar-refractivity contribution is -0.149. The molecule has 1 atom stereocenters. The van der Waals surface area contributed by atoms with Gasteiger partial charge in [0, 0.05) is 33.1 Å². The van der Waals surface area contributed by atoms with E-state index in [1.807, 2.05) is 25.1 Å². The van der Waals surface area contributed by atoms with Crippen LogP contribution in [0, 0.1) is 0 Å². The van der Waals surface area contributed by atoms with Gasteiger partial charge < -0.3 is 14.2 Å². The van der Waals surface area contributed by atoms with Crippen LogP contribution in [0.3, 0.4) is 0 Å². The Labute approximate surface area is 147 Å². The van der Waals surface area contributed by atoms with Crippen molar-refractivity contribution < 1.29 is 14.1 Å². The highest BCUT2D eigenvalue weighted by atomic mass is 16.5. The number of hydrogen-bond donors (Lipinski definition) is 0. The molecule has 1 aliphatic heterocycles. The number of amides is 1. The van der Waals surface area contributed by atoms with Crippen LogP contribution in [0.2, 0.25) is 0 Å². The van der Waals surface area contributed by atoms with E-state index in [1.54, 1.807) is 11.9 Å². The molecule has 2 aromatic rings. The first-order chi connectivity index (χ1) is 12.2. The fourth-order valence-corrected chi connectivity index (χ4v) is 2.86. The Kier molecular flexibility index (Phi) is 5.78. The molecule has 3 rings (SSSR count). The number of carbonyl (C=O) groups is 1. The number of aromatic nitrogens is 2. The minimum atomic E-state index is -0.462. The van der Waals surface area contributed by atoms with E-state index in [4.69, 9.17) is 9.26 Å². The van der Waals surface area contributed by atoms with Gasteiger partial charge in [-0.3, -0.25) is 9.69 Å². The molecule has 25 heavy (non-hydrogen) atoms. The monoisotopic (exact) mass is 344 g/mol. The summed E-state index contributed by atoms with van der Waals surface area (Å²) in [5.41, 5.74) is 1.24. The summed E-state index contributed by atoms with van der Waals surface area (Å²) in [5.74, 6) is 1.04. The molecule has 1 unspecified atom stereocenters. The highest BCUT2D eigenvalue weighted by Gasteiger charge is 2.29. The number of aryl methyl sites for hydroxylation is 1. The molecule has 1 aromatic carbocycles. The number of nitrogens with zero attached hydrogens (tertiary/aromatic N) is 4. The van der Waals surface area contributed by atoms with Crippen LogP contribution >= 0.6 is 0 Å². The first kappa shape index (κ1) is 17.6. The minimum Gasteiger partial charge on any atom is -0.366 e. The number of morpholine rings is 1. The number of benzene rings is 1. The van der Waals surface area contributed by atoms with Crippen molar-refractivity contribution >= 4 is 5.91 Å². The number of likely N-dealkylation sites (N-methyl/N-ethyl adjacent to an activating group) is 1. The third-order valence-corrected chi connectivity index (χ3v) is 4.25. The highest BCUT2D eigenvalue weighted by Crippen LogP contribution is 2.13. The Hall–Kier alpha value is -2.25. The lowest BCUT2D eigenvalue weighted by Gasteiger charge is -2.33. The molecule has 0 spiro atoms. The Morgan fingerprint density at radius 1 is 1.36 bits per heavy atom. The van der Waals surface area contributed by atoms with Gasteiger partial charge in [0.25, 0.3) is 5.91 Å². The summed E-state index contributed by atoms with van der Waals surface area (Å²) in [6.07, 6.45) is 0.248. The molecule has 1 aromatic heterocycles. The van der Waals surface area contributed by atoms with E-state index in [-0.39, 0.29) is 5.91 Å². The molecule has 0 bridgehead atoms. The molecule has 0 N–H and O–H groups in total. The summed E-state index contributed by atoms with van der Waals surface area (Å²) < 4.78 is 10.9. The topological polar surface area (TPSA) is 71.7 Å². The van der Waals surface area contributed by atoms with Crippen molar-refractivity contribution in [2.24, 2.45) is 0 Å². The van der Waals surface area contributed by atoms with Crippen LogP contribution in [0.15, 0.2) is 34.9 Å². The van der Waals surface area contributed by atoms with Crippen molar-refractivity contribution in [2.75, 3.05) is 26.7 Å². The minimum absolute atomic E-state index is 0.0611. The second-order valence-corrected chi connectivity index (χ2v) is 6.23. The van der Waals surface area contributed by atoms with E-state index in [0.29, 0.717) is 37.8 Å². The van der Waals surface area contributed by atoms with Gasteiger partial charge in [0.1, 0.15) is 6.10 Å². The van der Waals surface area contributed by atoms with Crippen molar-refractivity contribution in [3.8, 4) is 0 Å². The number of carbonyl (C=O) groups excluding carboxylic acids is 1. The quantitative estimate of drug-likeness (QED) is 0.791. The molecule has 0 radical (unpaired) electrons. The van der Waals surface area contributed by atoms with Crippen LogP contribution in [-0.2, 0) is 29.0 Å². The largest absolute Gasteiger partial charge is 0.366 e. The second kappa shape index (κ2) is 8.22. The van der Waals surface area contributed by atoms with Crippen molar-refractivity contribution in [1.29, 1.82) is 0 Å². The third-order valence-electron chi connectivity index (χ3n) is 4.25.